The number of rotatable bonds is 6. The van der Waals surface area contributed by atoms with E-state index in [9.17, 15) is 5.11 Å². The smallest absolute Gasteiger partial charge is 0.165 e. The first-order valence-corrected chi connectivity index (χ1v) is 7.70. The second-order valence-electron chi connectivity index (χ2n) is 5.49. The van der Waals surface area contributed by atoms with Gasteiger partial charge in [-0.1, -0.05) is 25.5 Å². The molecule has 5 heteroatoms. The third-order valence-corrected chi connectivity index (χ3v) is 3.60. The molecule has 0 saturated heterocycles. The Morgan fingerprint density at radius 3 is 2.68 bits per heavy atom. The van der Waals surface area contributed by atoms with Gasteiger partial charge in [0.1, 0.15) is 11.6 Å². The molecular weight excluding hydrogens is 276 g/mol. The molecule has 2 rings (SSSR count). The van der Waals surface area contributed by atoms with Gasteiger partial charge in [-0.3, -0.25) is 0 Å². The number of nitrogens with one attached hydrogen (secondary N) is 1. The van der Waals surface area contributed by atoms with E-state index in [1.165, 1.54) is 0 Å². The third-order valence-electron chi connectivity index (χ3n) is 3.60. The van der Waals surface area contributed by atoms with Crippen molar-refractivity contribution in [3.63, 3.8) is 0 Å². The molecule has 0 bridgehead atoms. The molecule has 22 heavy (non-hydrogen) atoms. The van der Waals surface area contributed by atoms with Crippen molar-refractivity contribution < 1.29 is 5.11 Å². The highest BCUT2D eigenvalue weighted by Gasteiger charge is 2.11. The van der Waals surface area contributed by atoms with Gasteiger partial charge in [0.2, 0.25) is 0 Å². The lowest BCUT2D eigenvalue weighted by Gasteiger charge is -2.13. The molecule has 0 amide bonds. The summed E-state index contributed by atoms with van der Waals surface area (Å²) in [5.41, 5.74) is 8.58. The highest BCUT2D eigenvalue weighted by atomic mass is 16.3. The fraction of sp³-hybridized carbons (Fsp3) is 0.412. The Hall–Kier alpha value is -2.14. The van der Waals surface area contributed by atoms with Gasteiger partial charge in [0, 0.05) is 24.3 Å². The molecule has 1 aromatic heterocycles. The van der Waals surface area contributed by atoms with Gasteiger partial charge in [-0.2, -0.15) is 0 Å². The highest BCUT2D eigenvalue weighted by Crippen LogP contribution is 2.28. The molecule has 0 unspecified atom stereocenters. The van der Waals surface area contributed by atoms with E-state index in [4.69, 9.17) is 5.73 Å². The molecule has 1 heterocycles. The van der Waals surface area contributed by atoms with Crippen LogP contribution in [0.4, 0.5) is 5.82 Å². The maximum absolute atomic E-state index is 10.1. The lowest BCUT2D eigenvalue weighted by molar-refractivity contribution is 0.476. The van der Waals surface area contributed by atoms with Crippen molar-refractivity contribution in [3.05, 3.63) is 35.5 Å². The van der Waals surface area contributed by atoms with Crippen LogP contribution in [0.15, 0.2) is 24.3 Å². The van der Waals surface area contributed by atoms with Gasteiger partial charge in [0.05, 0.1) is 5.56 Å². The molecule has 1 aromatic carbocycles. The van der Waals surface area contributed by atoms with Gasteiger partial charge in [-0.25, -0.2) is 9.97 Å². The maximum atomic E-state index is 10.1. The maximum Gasteiger partial charge on any atom is 0.165 e. The predicted molar refractivity (Wildman–Crippen MR) is 90.0 cm³/mol. The molecule has 118 valence electrons. The summed E-state index contributed by atoms with van der Waals surface area (Å²) in [5, 5.41) is 13.3. The topological polar surface area (TPSA) is 84.1 Å². The van der Waals surface area contributed by atoms with E-state index in [0.717, 1.165) is 29.9 Å². The molecule has 2 aromatic rings. The average molecular weight is 300 g/mol. The normalized spacial score (nSPS) is 12.2. The highest BCUT2D eigenvalue weighted by molar-refractivity contribution is 5.66. The number of nitrogens with zero attached hydrogens (tertiary/aromatic N) is 2. The summed E-state index contributed by atoms with van der Waals surface area (Å²) in [6.07, 6.45) is 1.71. The number of benzene rings is 1. The number of phenols is 1. The van der Waals surface area contributed by atoms with Crippen LogP contribution in [0, 0.1) is 6.92 Å². The molecule has 0 aliphatic carbocycles. The van der Waals surface area contributed by atoms with Crippen LogP contribution in [0.2, 0.25) is 0 Å². The molecule has 0 spiro atoms. The second-order valence-corrected chi connectivity index (χ2v) is 5.49. The van der Waals surface area contributed by atoms with Crippen LogP contribution >= 0.6 is 0 Å². The Balaban J connectivity index is 2.36. The number of anilines is 1. The largest absolute Gasteiger partial charge is 0.507 e. The first-order valence-electron chi connectivity index (χ1n) is 7.70. The number of hydrogen-bond donors (Lipinski definition) is 3. The van der Waals surface area contributed by atoms with Crippen LogP contribution in [0.5, 0.6) is 5.75 Å². The molecule has 1 atom stereocenters. The van der Waals surface area contributed by atoms with E-state index in [-0.39, 0.29) is 11.8 Å². The van der Waals surface area contributed by atoms with Crippen LogP contribution in [-0.2, 0) is 6.42 Å². The zero-order chi connectivity index (χ0) is 16.1. The summed E-state index contributed by atoms with van der Waals surface area (Å²) in [6.45, 7) is 6.74. The molecule has 0 radical (unpaired) electrons. The van der Waals surface area contributed by atoms with Crippen molar-refractivity contribution in [2.24, 2.45) is 5.73 Å². The molecule has 4 N–H and O–H groups in total. The Labute approximate surface area is 131 Å². The number of nitrogens with two attached hydrogens (primary N) is 1. The van der Waals surface area contributed by atoms with E-state index < -0.39 is 0 Å². The van der Waals surface area contributed by atoms with Crippen LogP contribution in [0.3, 0.4) is 0 Å². The number of aryl methyl sites for hydroxylation is 2. The molecular formula is C17H24N4O. The van der Waals surface area contributed by atoms with Gasteiger partial charge in [0.15, 0.2) is 5.82 Å². The van der Waals surface area contributed by atoms with Gasteiger partial charge in [-0.15, -0.1) is 0 Å². The quantitative estimate of drug-likeness (QED) is 0.764. The SMILES string of the molecule is CCc1cc(NC[C@H](N)CC)nc(-c2cc(C)ccc2O)n1. The minimum absolute atomic E-state index is 0.0934. The summed E-state index contributed by atoms with van der Waals surface area (Å²) >= 11 is 0. The number of hydrogen-bond acceptors (Lipinski definition) is 5. The van der Waals surface area contributed by atoms with E-state index in [1.54, 1.807) is 6.07 Å². The molecule has 0 saturated carbocycles. The second kappa shape index (κ2) is 7.22. The van der Waals surface area contributed by atoms with Crippen molar-refractivity contribution in [2.75, 3.05) is 11.9 Å². The molecule has 0 fully saturated rings. The Morgan fingerprint density at radius 2 is 2.00 bits per heavy atom. The average Bonchev–Trinajstić information content (AvgIpc) is 2.54. The summed E-state index contributed by atoms with van der Waals surface area (Å²) in [4.78, 5) is 9.05. The van der Waals surface area contributed by atoms with Gasteiger partial charge in [-0.05, 0) is 31.9 Å². The summed E-state index contributed by atoms with van der Waals surface area (Å²) in [6, 6.07) is 7.45. The van der Waals surface area contributed by atoms with Crippen LogP contribution < -0.4 is 11.1 Å². The van der Waals surface area contributed by atoms with E-state index in [1.807, 2.05) is 32.0 Å². The first kappa shape index (κ1) is 16.2. The number of aromatic hydroxyl groups is 1. The predicted octanol–water partition coefficient (Wildman–Crippen LogP) is 2.87. The van der Waals surface area contributed by atoms with E-state index in [2.05, 4.69) is 22.2 Å². The van der Waals surface area contributed by atoms with Crippen molar-refractivity contribution in [2.45, 2.75) is 39.7 Å². The molecule has 5 nitrogen and oxygen atoms in total. The van der Waals surface area contributed by atoms with E-state index in [0.29, 0.717) is 17.9 Å². The summed E-state index contributed by atoms with van der Waals surface area (Å²) in [7, 11) is 0. The zero-order valence-electron chi connectivity index (χ0n) is 13.4. The van der Waals surface area contributed by atoms with Gasteiger partial charge in [0.25, 0.3) is 0 Å². The van der Waals surface area contributed by atoms with Crippen molar-refractivity contribution in [1.82, 2.24) is 9.97 Å². The lowest BCUT2D eigenvalue weighted by Crippen LogP contribution is -2.28. The minimum Gasteiger partial charge on any atom is -0.507 e. The summed E-state index contributed by atoms with van der Waals surface area (Å²) < 4.78 is 0. The standard InChI is InChI=1S/C17H24N4O/c1-4-12(18)10-19-16-9-13(5-2)20-17(21-16)14-8-11(3)6-7-15(14)22/h6-9,12,22H,4-5,10,18H2,1-3H3,(H,19,20,21)/t12-/m1/s1. The molecule has 0 aliphatic heterocycles. The third kappa shape index (κ3) is 3.95. The van der Waals surface area contributed by atoms with Crippen LogP contribution in [-0.4, -0.2) is 27.7 Å². The van der Waals surface area contributed by atoms with Gasteiger partial charge >= 0.3 is 0 Å². The molecule has 0 aliphatic rings. The van der Waals surface area contributed by atoms with Crippen molar-refractivity contribution in [3.8, 4) is 17.1 Å². The van der Waals surface area contributed by atoms with Crippen LogP contribution in [0.1, 0.15) is 31.5 Å². The summed E-state index contributed by atoms with van der Waals surface area (Å²) in [5.74, 6) is 1.47. The van der Waals surface area contributed by atoms with Crippen molar-refractivity contribution >= 4 is 5.82 Å². The monoisotopic (exact) mass is 300 g/mol. The zero-order valence-corrected chi connectivity index (χ0v) is 13.4. The lowest BCUT2D eigenvalue weighted by atomic mass is 10.1. The number of phenolic OH excluding ortho intramolecular Hbond substituents is 1. The van der Waals surface area contributed by atoms with Gasteiger partial charge < -0.3 is 16.2 Å². The van der Waals surface area contributed by atoms with Crippen molar-refractivity contribution in [1.29, 1.82) is 0 Å². The Kier molecular flexibility index (Phi) is 5.33. The Morgan fingerprint density at radius 1 is 1.23 bits per heavy atom. The fourth-order valence-electron chi connectivity index (χ4n) is 2.10. The number of aromatic nitrogens is 2. The Bertz CT molecular complexity index is 643. The minimum atomic E-state index is 0.0934. The van der Waals surface area contributed by atoms with Crippen LogP contribution in [0.25, 0.3) is 11.4 Å². The fourth-order valence-corrected chi connectivity index (χ4v) is 2.10. The van der Waals surface area contributed by atoms with E-state index >= 15 is 0 Å². The first-order chi connectivity index (χ1) is 10.5.